The van der Waals surface area contributed by atoms with Crippen LogP contribution in [-0.2, 0) is 15.0 Å². The van der Waals surface area contributed by atoms with Crippen LogP contribution in [0.25, 0.3) is 22.4 Å². The third kappa shape index (κ3) is 6.64. The third-order valence-corrected chi connectivity index (χ3v) is 10.8. The van der Waals surface area contributed by atoms with Crippen molar-refractivity contribution in [3.63, 3.8) is 0 Å². The summed E-state index contributed by atoms with van der Waals surface area (Å²) in [5, 5.41) is 10.8. The monoisotopic (exact) mass is 728 g/mol. The minimum absolute atomic E-state index is 0.143. The fraction of sp³-hybridized carbons (Fsp3) is 0.189. The van der Waals surface area contributed by atoms with E-state index in [1.54, 1.807) is 30.5 Å². The maximum absolute atomic E-state index is 12.6. The first-order valence-electron chi connectivity index (χ1n) is 16.0. The molecule has 3 N–H and O–H groups in total. The van der Waals surface area contributed by atoms with Crippen molar-refractivity contribution in [2.45, 2.75) is 25.8 Å². The van der Waals surface area contributed by atoms with Crippen LogP contribution in [0.3, 0.4) is 0 Å². The highest BCUT2D eigenvalue weighted by Crippen LogP contribution is 2.36. The topological polar surface area (TPSA) is 122 Å². The van der Waals surface area contributed by atoms with E-state index in [2.05, 4.69) is 63.1 Å². The van der Waals surface area contributed by atoms with E-state index in [1.165, 1.54) is 0 Å². The molecular formula is C37H34Cl2N6O4S. The van der Waals surface area contributed by atoms with Gasteiger partial charge in [0.05, 0.1) is 41.3 Å². The lowest BCUT2D eigenvalue weighted by Gasteiger charge is -2.37. The van der Waals surface area contributed by atoms with E-state index in [-0.39, 0.29) is 17.9 Å². The van der Waals surface area contributed by atoms with Crippen molar-refractivity contribution in [1.82, 2.24) is 19.6 Å². The Balaban J connectivity index is 1.18. The van der Waals surface area contributed by atoms with E-state index < -0.39 is 16.1 Å². The van der Waals surface area contributed by atoms with Gasteiger partial charge in [0, 0.05) is 35.4 Å². The van der Waals surface area contributed by atoms with Gasteiger partial charge in [0.15, 0.2) is 0 Å². The maximum Gasteiger partial charge on any atom is 0.330 e. The first kappa shape index (κ1) is 33.5. The largest absolute Gasteiger partial charge is 0.493 e. The number of anilines is 2. The zero-order chi connectivity index (χ0) is 35.2. The van der Waals surface area contributed by atoms with Crippen LogP contribution in [0, 0.1) is 0 Å². The summed E-state index contributed by atoms with van der Waals surface area (Å²) in [6.45, 7) is 5.96. The Bertz CT molecular complexity index is 2190. The minimum atomic E-state index is -3.93. The molecule has 10 nitrogen and oxygen atoms in total. The molecule has 0 saturated carbocycles. The molecule has 13 heteroatoms. The van der Waals surface area contributed by atoms with E-state index in [0.29, 0.717) is 34.6 Å². The lowest BCUT2D eigenvalue weighted by Crippen LogP contribution is -2.52. The van der Waals surface area contributed by atoms with E-state index in [1.807, 2.05) is 36.9 Å². The molecule has 1 atom stereocenters. The molecule has 4 aromatic carbocycles. The number of nitrogens with one attached hydrogen (secondary N) is 2. The van der Waals surface area contributed by atoms with Crippen LogP contribution in [0.1, 0.15) is 36.7 Å². The molecule has 50 heavy (non-hydrogen) atoms. The summed E-state index contributed by atoms with van der Waals surface area (Å²) < 4.78 is 28.0. The lowest BCUT2D eigenvalue weighted by molar-refractivity contribution is -0.132. The molecule has 256 valence electrons. The highest BCUT2D eigenvalue weighted by molar-refractivity contribution is 7.91. The van der Waals surface area contributed by atoms with Gasteiger partial charge in [-0.15, -0.1) is 0 Å². The van der Waals surface area contributed by atoms with E-state index >= 15 is 0 Å². The summed E-state index contributed by atoms with van der Waals surface area (Å²) in [4.78, 5) is 24.9. The number of halogens is 2. The number of hydrogen-bond donors (Lipinski definition) is 3. The Morgan fingerprint density at radius 3 is 2.04 bits per heavy atom. The lowest BCUT2D eigenvalue weighted by atomic mass is 9.89. The summed E-state index contributed by atoms with van der Waals surface area (Å²) >= 11 is 12.7. The number of rotatable bonds is 8. The molecule has 1 saturated heterocycles. The number of carbonyl (C=O) groups is 1. The van der Waals surface area contributed by atoms with Crippen molar-refractivity contribution in [2.75, 3.05) is 28.8 Å². The molecular weight excluding hydrogens is 695 g/mol. The molecule has 5 aromatic rings. The van der Waals surface area contributed by atoms with Crippen LogP contribution in [0.4, 0.5) is 11.4 Å². The average molecular weight is 730 g/mol. The van der Waals surface area contributed by atoms with Gasteiger partial charge in [-0.3, -0.25) is 4.79 Å². The van der Waals surface area contributed by atoms with Crippen LogP contribution in [-0.4, -0.2) is 60.0 Å². The van der Waals surface area contributed by atoms with Crippen molar-refractivity contribution in [2.24, 2.45) is 0 Å². The van der Waals surface area contributed by atoms with Crippen molar-refractivity contribution in [3.05, 3.63) is 136 Å². The van der Waals surface area contributed by atoms with Crippen LogP contribution in [0.5, 0.6) is 0 Å². The Hall–Kier alpha value is -4.97. The van der Waals surface area contributed by atoms with Gasteiger partial charge in [0.1, 0.15) is 5.82 Å². The van der Waals surface area contributed by atoms with Gasteiger partial charge in [-0.25, -0.2) is 14.0 Å². The predicted molar refractivity (Wildman–Crippen MR) is 198 cm³/mol. The van der Waals surface area contributed by atoms with E-state index in [0.717, 1.165) is 56.2 Å². The molecule has 1 unspecified atom stereocenters. The molecule has 7 rings (SSSR count). The maximum atomic E-state index is 12.6. The predicted octanol–water partition coefficient (Wildman–Crippen LogP) is 7.30. The van der Waals surface area contributed by atoms with Crippen LogP contribution in [0.15, 0.2) is 109 Å². The first-order valence-corrected chi connectivity index (χ1v) is 18.2. The SMILES string of the molecule is CC(C)N1CCN(c2ccc(-c3ccc(C(c4ccc(N5C=C(O)NS5(=O)=O)cc4)c4ncc(-c5ccc(Cl)cc5Cl)[nH]4)cc3)cc2)CC1=O. The molecule has 2 aliphatic rings. The number of aromatic amines is 1. The average Bonchev–Trinajstić information content (AvgIpc) is 3.68. The Morgan fingerprint density at radius 2 is 1.46 bits per heavy atom. The second kappa shape index (κ2) is 13.4. The van der Waals surface area contributed by atoms with Gasteiger partial charge in [-0.1, -0.05) is 71.7 Å². The van der Waals surface area contributed by atoms with Gasteiger partial charge >= 0.3 is 10.2 Å². The molecule has 1 fully saturated rings. The number of aromatic nitrogens is 2. The normalized spacial score (nSPS) is 16.5. The summed E-state index contributed by atoms with van der Waals surface area (Å²) in [7, 11) is -3.93. The number of hydrogen-bond acceptors (Lipinski definition) is 6. The molecule has 1 amide bonds. The van der Waals surface area contributed by atoms with Gasteiger partial charge in [0.25, 0.3) is 0 Å². The molecule has 0 aliphatic carbocycles. The Labute approximate surface area is 300 Å². The van der Waals surface area contributed by atoms with Crippen LogP contribution < -0.4 is 13.9 Å². The number of aliphatic hydroxyl groups excluding tert-OH is 1. The standard InChI is InChI=1S/C37H34Cl2N6O4S/c1-23(2)44-18-17-43(22-35(44)47)29-12-7-25(8-13-29)24-3-5-26(6-4-24)36(37-40-20-33(41-37)31-16-11-28(38)19-32(31)39)27-9-14-30(15-10-27)45-21-34(46)42-50(45,48)49/h3-16,19-21,23,36,42,46H,17-18,22H2,1-2H3,(H,40,41). The van der Waals surface area contributed by atoms with Gasteiger partial charge in [0.2, 0.25) is 11.8 Å². The zero-order valence-electron chi connectivity index (χ0n) is 27.2. The van der Waals surface area contributed by atoms with Crippen LogP contribution >= 0.6 is 23.2 Å². The zero-order valence-corrected chi connectivity index (χ0v) is 29.5. The van der Waals surface area contributed by atoms with E-state index in [4.69, 9.17) is 28.2 Å². The summed E-state index contributed by atoms with van der Waals surface area (Å²) in [6, 6.07) is 29.0. The summed E-state index contributed by atoms with van der Waals surface area (Å²) in [5.41, 5.74) is 6.75. The number of amides is 1. The number of piperazine rings is 1. The van der Waals surface area contributed by atoms with Crippen LogP contribution in [0.2, 0.25) is 10.0 Å². The van der Waals surface area contributed by atoms with Gasteiger partial charge in [-0.2, -0.15) is 8.42 Å². The van der Waals surface area contributed by atoms with Crippen molar-refractivity contribution in [3.8, 4) is 22.4 Å². The number of carbonyl (C=O) groups excluding carboxylic acids is 1. The fourth-order valence-corrected chi connectivity index (χ4v) is 8.00. The smallest absolute Gasteiger partial charge is 0.330 e. The Kier molecular flexibility index (Phi) is 8.98. The number of benzene rings is 4. The van der Waals surface area contributed by atoms with Gasteiger partial charge in [-0.05, 0) is 78.6 Å². The number of aliphatic hydroxyl groups is 1. The summed E-state index contributed by atoms with van der Waals surface area (Å²) in [5.74, 6) is 0.00471. The number of imidazole rings is 1. The highest BCUT2D eigenvalue weighted by atomic mass is 35.5. The molecule has 2 aliphatic heterocycles. The second-order valence-electron chi connectivity index (χ2n) is 12.5. The van der Waals surface area contributed by atoms with Gasteiger partial charge < -0.3 is 19.9 Å². The molecule has 0 bridgehead atoms. The quantitative estimate of drug-likeness (QED) is 0.154. The molecule has 0 radical (unpaired) electrons. The Morgan fingerprint density at radius 1 is 0.840 bits per heavy atom. The first-order chi connectivity index (χ1) is 24.0. The second-order valence-corrected chi connectivity index (χ2v) is 14.9. The van der Waals surface area contributed by atoms with Crippen molar-refractivity contribution < 1.29 is 18.3 Å². The minimum Gasteiger partial charge on any atom is -0.493 e. The molecule has 0 spiro atoms. The fourth-order valence-electron chi connectivity index (χ4n) is 6.44. The number of nitrogens with zero attached hydrogens (tertiary/aromatic N) is 4. The highest BCUT2D eigenvalue weighted by Gasteiger charge is 2.30. The van der Waals surface area contributed by atoms with E-state index in [9.17, 15) is 18.3 Å². The van der Waals surface area contributed by atoms with Crippen molar-refractivity contribution >= 4 is 50.7 Å². The molecule has 1 aromatic heterocycles. The van der Waals surface area contributed by atoms with Crippen molar-refractivity contribution in [1.29, 1.82) is 0 Å². The number of H-pyrrole nitrogens is 1. The third-order valence-electron chi connectivity index (χ3n) is 8.99. The molecule has 3 heterocycles. The summed E-state index contributed by atoms with van der Waals surface area (Å²) in [6.07, 6.45) is 2.85.